The fraction of sp³-hybridized carbons (Fsp3) is 0.238. The monoisotopic (exact) mass is 488 g/mol. The third kappa shape index (κ3) is 4.41. The number of benzene rings is 2. The molecule has 1 fully saturated rings. The summed E-state index contributed by atoms with van der Waals surface area (Å²) in [6.07, 6.45) is 2.35. The summed E-state index contributed by atoms with van der Waals surface area (Å²) in [5.41, 5.74) is 1.89. The van der Waals surface area contributed by atoms with E-state index in [1.807, 2.05) is 18.2 Å². The molecule has 0 amide bonds. The topological polar surface area (TPSA) is 84.4 Å². The second-order valence-corrected chi connectivity index (χ2v) is 9.52. The molecule has 7 nitrogen and oxygen atoms in total. The normalized spacial score (nSPS) is 14.0. The van der Waals surface area contributed by atoms with Crippen LogP contribution < -0.4 is 14.4 Å². The van der Waals surface area contributed by atoms with Gasteiger partial charge in [-0.05, 0) is 55.3 Å². The number of anilines is 2. The molecule has 2 aromatic carbocycles. The molecule has 0 bridgehead atoms. The lowest BCUT2D eigenvalue weighted by Crippen LogP contribution is -2.19. The van der Waals surface area contributed by atoms with E-state index < -0.39 is 10.0 Å². The van der Waals surface area contributed by atoms with Crippen LogP contribution in [0.15, 0.2) is 64.0 Å². The zero-order valence-corrected chi connectivity index (χ0v) is 18.8. The van der Waals surface area contributed by atoms with Crippen LogP contribution in [0.4, 0.5) is 11.5 Å². The first-order chi connectivity index (χ1) is 14.5. The lowest BCUT2D eigenvalue weighted by Gasteiger charge is -2.15. The van der Waals surface area contributed by atoms with Gasteiger partial charge in [0, 0.05) is 28.8 Å². The van der Waals surface area contributed by atoms with Gasteiger partial charge < -0.3 is 9.64 Å². The molecule has 30 heavy (non-hydrogen) atoms. The number of aromatic nitrogens is 2. The zero-order valence-electron chi connectivity index (χ0n) is 16.4. The molecule has 9 heteroatoms. The smallest absolute Gasteiger partial charge is 0.265 e. The van der Waals surface area contributed by atoms with Gasteiger partial charge in [0.15, 0.2) is 5.82 Å². The number of nitrogens with zero attached hydrogens (tertiary/aromatic N) is 3. The lowest BCUT2D eigenvalue weighted by molar-refractivity contribution is 0.403. The van der Waals surface area contributed by atoms with Crippen molar-refractivity contribution in [2.24, 2.45) is 0 Å². The molecule has 4 rings (SSSR count). The van der Waals surface area contributed by atoms with Crippen molar-refractivity contribution in [3.8, 4) is 17.0 Å². The molecule has 0 radical (unpaired) electrons. The molecule has 0 atom stereocenters. The van der Waals surface area contributed by atoms with Gasteiger partial charge in [-0.25, -0.2) is 8.42 Å². The molecule has 1 aliphatic rings. The number of halogens is 1. The summed E-state index contributed by atoms with van der Waals surface area (Å²) in [5, 5.41) is 8.67. The average Bonchev–Trinajstić information content (AvgIpc) is 3.29. The van der Waals surface area contributed by atoms with E-state index in [1.165, 1.54) is 26.0 Å². The molecule has 0 spiro atoms. The molecule has 2 heterocycles. The first-order valence-corrected chi connectivity index (χ1v) is 11.8. The third-order valence-electron chi connectivity index (χ3n) is 4.91. The van der Waals surface area contributed by atoms with Crippen LogP contribution in [0.1, 0.15) is 12.8 Å². The van der Waals surface area contributed by atoms with Gasteiger partial charge in [-0.15, -0.1) is 10.2 Å². The molecule has 1 saturated heterocycles. The van der Waals surface area contributed by atoms with E-state index in [9.17, 15) is 8.42 Å². The van der Waals surface area contributed by atoms with Crippen molar-refractivity contribution in [1.29, 1.82) is 0 Å². The minimum Gasteiger partial charge on any atom is -0.495 e. The van der Waals surface area contributed by atoms with Crippen LogP contribution in [-0.2, 0) is 10.0 Å². The van der Waals surface area contributed by atoms with Crippen LogP contribution in [0, 0.1) is 0 Å². The van der Waals surface area contributed by atoms with Gasteiger partial charge in [-0.2, -0.15) is 0 Å². The number of nitrogens with one attached hydrogen (secondary N) is 1. The van der Waals surface area contributed by atoms with Gasteiger partial charge in [-0.1, -0.05) is 28.1 Å². The Morgan fingerprint density at radius 2 is 1.83 bits per heavy atom. The molecule has 0 aliphatic carbocycles. The minimum absolute atomic E-state index is 0.0551. The molecule has 3 aromatic rings. The third-order valence-corrected chi connectivity index (χ3v) is 6.80. The first-order valence-electron chi connectivity index (χ1n) is 9.52. The Kier molecular flexibility index (Phi) is 5.92. The highest BCUT2D eigenvalue weighted by Crippen LogP contribution is 2.30. The highest BCUT2D eigenvalue weighted by molar-refractivity contribution is 9.10. The minimum atomic E-state index is -3.84. The molecular formula is C21H21BrN4O3S. The summed E-state index contributed by atoms with van der Waals surface area (Å²) >= 11 is 3.31. The second kappa shape index (κ2) is 8.61. The summed E-state index contributed by atoms with van der Waals surface area (Å²) in [6, 6.07) is 15.8. The van der Waals surface area contributed by atoms with Crippen LogP contribution in [-0.4, -0.2) is 38.8 Å². The molecular weight excluding hydrogens is 468 g/mol. The number of hydrogen-bond acceptors (Lipinski definition) is 6. The van der Waals surface area contributed by atoms with Crippen molar-refractivity contribution in [3.05, 3.63) is 59.1 Å². The van der Waals surface area contributed by atoms with Gasteiger partial charge in [-0.3, -0.25) is 4.72 Å². The number of sulfonamides is 1. The Morgan fingerprint density at radius 1 is 1.03 bits per heavy atom. The predicted molar refractivity (Wildman–Crippen MR) is 120 cm³/mol. The molecule has 156 valence electrons. The summed E-state index contributed by atoms with van der Waals surface area (Å²) in [5.74, 6) is 1.14. The molecule has 0 unspecified atom stereocenters. The van der Waals surface area contributed by atoms with Crippen molar-refractivity contribution in [1.82, 2.24) is 10.2 Å². The van der Waals surface area contributed by atoms with Crippen molar-refractivity contribution in [2.45, 2.75) is 17.7 Å². The SMILES string of the molecule is COc1ccc(Br)cc1S(=O)(=O)Nc1cccc(-c2ccc(N3CCCC3)nn2)c1. The maximum atomic E-state index is 12.9. The van der Waals surface area contributed by atoms with Crippen LogP contribution in [0.3, 0.4) is 0 Å². The van der Waals surface area contributed by atoms with E-state index in [-0.39, 0.29) is 10.6 Å². The Labute approximate surface area is 184 Å². The summed E-state index contributed by atoms with van der Waals surface area (Å²) in [7, 11) is -2.41. The number of rotatable bonds is 6. The summed E-state index contributed by atoms with van der Waals surface area (Å²) in [4.78, 5) is 2.27. The van der Waals surface area contributed by atoms with Crippen LogP contribution in [0.2, 0.25) is 0 Å². The van der Waals surface area contributed by atoms with E-state index >= 15 is 0 Å². The maximum absolute atomic E-state index is 12.9. The van der Waals surface area contributed by atoms with E-state index in [2.05, 4.69) is 35.7 Å². The molecule has 0 saturated carbocycles. The quantitative estimate of drug-likeness (QED) is 0.556. The predicted octanol–water partition coefficient (Wildman–Crippen LogP) is 4.32. The van der Waals surface area contributed by atoms with Crippen molar-refractivity contribution < 1.29 is 13.2 Å². The average molecular weight is 489 g/mol. The fourth-order valence-corrected chi connectivity index (χ4v) is 5.16. The molecule has 1 N–H and O–H groups in total. The van der Waals surface area contributed by atoms with Crippen LogP contribution in [0.25, 0.3) is 11.3 Å². The molecule has 1 aromatic heterocycles. The summed E-state index contributed by atoms with van der Waals surface area (Å²) in [6.45, 7) is 2.01. The van der Waals surface area contributed by atoms with Gasteiger partial charge in [0.05, 0.1) is 12.8 Å². The number of hydrogen-bond donors (Lipinski definition) is 1. The second-order valence-electron chi connectivity index (χ2n) is 6.95. The Morgan fingerprint density at radius 3 is 2.53 bits per heavy atom. The Balaban J connectivity index is 1.58. The zero-order chi connectivity index (χ0) is 21.1. The van der Waals surface area contributed by atoms with Gasteiger partial charge in [0.2, 0.25) is 0 Å². The highest BCUT2D eigenvalue weighted by Gasteiger charge is 2.20. The lowest BCUT2D eigenvalue weighted by atomic mass is 10.1. The summed E-state index contributed by atoms with van der Waals surface area (Å²) < 4.78 is 34.3. The largest absolute Gasteiger partial charge is 0.495 e. The van der Waals surface area contributed by atoms with Crippen molar-refractivity contribution in [3.63, 3.8) is 0 Å². The van der Waals surface area contributed by atoms with E-state index in [4.69, 9.17) is 4.74 Å². The Bertz CT molecular complexity index is 1150. The number of methoxy groups -OCH3 is 1. The van der Waals surface area contributed by atoms with E-state index in [1.54, 1.807) is 30.3 Å². The highest BCUT2D eigenvalue weighted by atomic mass is 79.9. The van der Waals surface area contributed by atoms with E-state index in [0.29, 0.717) is 15.9 Å². The van der Waals surface area contributed by atoms with E-state index in [0.717, 1.165) is 24.5 Å². The van der Waals surface area contributed by atoms with Gasteiger partial charge in [0.1, 0.15) is 10.6 Å². The molecule has 1 aliphatic heterocycles. The number of ether oxygens (including phenoxy) is 1. The fourth-order valence-electron chi connectivity index (χ4n) is 3.41. The van der Waals surface area contributed by atoms with Crippen molar-refractivity contribution in [2.75, 3.05) is 29.8 Å². The van der Waals surface area contributed by atoms with Gasteiger partial charge >= 0.3 is 0 Å². The van der Waals surface area contributed by atoms with Crippen LogP contribution >= 0.6 is 15.9 Å². The van der Waals surface area contributed by atoms with Crippen LogP contribution in [0.5, 0.6) is 5.75 Å². The maximum Gasteiger partial charge on any atom is 0.265 e. The standard InChI is InChI=1S/C21H21BrN4O3S/c1-29-19-9-7-16(22)14-20(19)30(27,28)25-17-6-4-5-15(13-17)18-8-10-21(24-23-18)26-11-2-3-12-26/h4-10,13-14,25H,2-3,11-12H2,1H3. The first kappa shape index (κ1) is 20.6. The van der Waals surface area contributed by atoms with Crippen molar-refractivity contribution >= 4 is 37.5 Å². The van der Waals surface area contributed by atoms with Gasteiger partial charge in [0.25, 0.3) is 10.0 Å². The Hall–Kier alpha value is -2.65.